The largest absolute Gasteiger partial charge is 0.379 e. The van der Waals surface area contributed by atoms with E-state index in [-0.39, 0.29) is 5.91 Å². The van der Waals surface area contributed by atoms with Crippen molar-refractivity contribution in [2.45, 2.75) is 19.6 Å². The average molecular weight is 402 g/mol. The van der Waals surface area contributed by atoms with Gasteiger partial charge in [0.15, 0.2) is 0 Å². The summed E-state index contributed by atoms with van der Waals surface area (Å²) in [6, 6.07) is 16.0. The summed E-state index contributed by atoms with van der Waals surface area (Å²) in [7, 11) is 1.95. The van der Waals surface area contributed by atoms with Gasteiger partial charge in [-0.1, -0.05) is 48.0 Å². The first-order valence-electron chi connectivity index (χ1n) is 9.67. The number of amides is 1. The second-order valence-corrected chi connectivity index (χ2v) is 7.67. The van der Waals surface area contributed by atoms with Crippen molar-refractivity contribution < 1.29 is 9.53 Å². The van der Waals surface area contributed by atoms with E-state index in [4.69, 9.17) is 16.3 Å². The van der Waals surface area contributed by atoms with Gasteiger partial charge in [-0.25, -0.2) is 0 Å². The van der Waals surface area contributed by atoms with Gasteiger partial charge in [0.1, 0.15) is 0 Å². The summed E-state index contributed by atoms with van der Waals surface area (Å²) < 4.78 is 5.42. The quantitative estimate of drug-likeness (QED) is 0.738. The number of morpholine rings is 1. The Labute approximate surface area is 172 Å². The summed E-state index contributed by atoms with van der Waals surface area (Å²) in [6.45, 7) is 6.00. The number of hydrogen-bond acceptors (Lipinski definition) is 4. The SMILES string of the molecule is CN(CC(=O)NCc1ccccc1CN1CCOCC1)Cc1ccc(Cl)cc1. The number of carbonyl (C=O) groups is 1. The summed E-state index contributed by atoms with van der Waals surface area (Å²) in [5, 5.41) is 3.78. The normalized spacial score (nSPS) is 15.0. The molecule has 1 fully saturated rings. The maximum Gasteiger partial charge on any atom is 0.234 e. The molecule has 0 unspecified atom stereocenters. The molecular formula is C22H28ClN3O2. The van der Waals surface area contributed by atoms with Crippen molar-refractivity contribution in [2.24, 2.45) is 0 Å². The van der Waals surface area contributed by atoms with Gasteiger partial charge >= 0.3 is 0 Å². The van der Waals surface area contributed by atoms with Crippen LogP contribution in [0, 0.1) is 0 Å². The second-order valence-electron chi connectivity index (χ2n) is 7.23. The highest BCUT2D eigenvalue weighted by Gasteiger charge is 2.13. The summed E-state index contributed by atoms with van der Waals surface area (Å²) in [5.41, 5.74) is 3.57. The maximum atomic E-state index is 12.4. The van der Waals surface area contributed by atoms with E-state index < -0.39 is 0 Å². The minimum Gasteiger partial charge on any atom is -0.379 e. The molecule has 1 N–H and O–H groups in total. The lowest BCUT2D eigenvalue weighted by Gasteiger charge is -2.27. The van der Waals surface area contributed by atoms with Crippen molar-refractivity contribution in [2.75, 3.05) is 39.9 Å². The fourth-order valence-corrected chi connectivity index (χ4v) is 3.46. The molecule has 0 spiro atoms. The molecule has 0 saturated carbocycles. The molecule has 150 valence electrons. The van der Waals surface area contributed by atoms with Crippen molar-refractivity contribution >= 4 is 17.5 Å². The molecule has 1 aliphatic heterocycles. The summed E-state index contributed by atoms with van der Waals surface area (Å²) in [6.07, 6.45) is 0. The van der Waals surface area contributed by atoms with Gasteiger partial charge in [-0.05, 0) is 35.9 Å². The molecular weight excluding hydrogens is 374 g/mol. The van der Waals surface area contributed by atoms with E-state index in [1.54, 1.807) is 0 Å². The van der Waals surface area contributed by atoms with Crippen molar-refractivity contribution in [3.8, 4) is 0 Å². The molecule has 1 saturated heterocycles. The fraction of sp³-hybridized carbons (Fsp3) is 0.409. The maximum absolute atomic E-state index is 12.4. The molecule has 3 rings (SSSR count). The smallest absolute Gasteiger partial charge is 0.234 e. The third-order valence-corrected chi connectivity index (χ3v) is 5.12. The predicted octanol–water partition coefficient (Wildman–Crippen LogP) is 2.92. The molecule has 1 aliphatic rings. The Morgan fingerprint density at radius 2 is 1.79 bits per heavy atom. The van der Waals surface area contributed by atoms with Gasteiger partial charge in [0, 0.05) is 37.7 Å². The number of carbonyl (C=O) groups excluding carboxylic acids is 1. The van der Waals surface area contributed by atoms with Gasteiger partial charge in [-0.2, -0.15) is 0 Å². The Bertz CT molecular complexity index is 761. The first kappa shape index (κ1) is 20.8. The molecule has 1 heterocycles. The first-order chi connectivity index (χ1) is 13.6. The Hall–Kier alpha value is -1.92. The standard InChI is InChI=1S/C22H28ClN3O2/c1-25(15-18-6-8-21(23)9-7-18)17-22(27)24-14-19-4-2-3-5-20(19)16-26-10-12-28-13-11-26/h2-9H,10-17H2,1H3,(H,24,27). The van der Waals surface area contributed by atoms with Gasteiger partial charge < -0.3 is 10.1 Å². The Balaban J connectivity index is 1.48. The van der Waals surface area contributed by atoms with E-state index in [1.807, 2.05) is 42.3 Å². The number of rotatable bonds is 8. The summed E-state index contributed by atoms with van der Waals surface area (Å²) >= 11 is 5.92. The van der Waals surface area contributed by atoms with Crippen molar-refractivity contribution in [1.29, 1.82) is 0 Å². The lowest BCUT2D eigenvalue weighted by molar-refractivity contribution is -0.122. The van der Waals surface area contributed by atoms with Crippen LogP contribution in [-0.4, -0.2) is 55.6 Å². The van der Waals surface area contributed by atoms with Crippen LogP contribution in [0.2, 0.25) is 5.02 Å². The van der Waals surface area contributed by atoms with E-state index in [2.05, 4.69) is 28.4 Å². The van der Waals surface area contributed by atoms with Crippen molar-refractivity contribution in [3.05, 3.63) is 70.2 Å². The Morgan fingerprint density at radius 1 is 1.11 bits per heavy atom. The third-order valence-electron chi connectivity index (χ3n) is 4.87. The van der Waals surface area contributed by atoms with Gasteiger partial charge in [0.25, 0.3) is 0 Å². The first-order valence-corrected chi connectivity index (χ1v) is 10.0. The molecule has 2 aromatic rings. The van der Waals surface area contributed by atoms with E-state index in [0.717, 1.165) is 43.4 Å². The molecule has 2 aromatic carbocycles. The number of likely N-dealkylation sites (N-methyl/N-ethyl adjacent to an activating group) is 1. The zero-order valence-electron chi connectivity index (χ0n) is 16.4. The lowest BCUT2D eigenvalue weighted by Crippen LogP contribution is -2.36. The van der Waals surface area contributed by atoms with Crippen LogP contribution in [0.15, 0.2) is 48.5 Å². The minimum absolute atomic E-state index is 0.0256. The van der Waals surface area contributed by atoms with E-state index >= 15 is 0 Å². The van der Waals surface area contributed by atoms with Crippen LogP contribution in [0.25, 0.3) is 0 Å². The van der Waals surface area contributed by atoms with Crippen LogP contribution in [-0.2, 0) is 29.2 Å². The lowest BCUT2D eigenvalue weighted by atomic mass is 10.1. The number of halogens is 1. The molecule has 28 heavy (non-hydrogen) atoms. The van der Waals surface area contributed by atoms with Gasteiger partial charge in [0.05, 0.1) is 19.8 Å². The van der Waals surface area contributed by atoms with Crippen molar-refractivity contribution in [1.82, 2.24) is 15.1 Å². The van der Waals surface area contributed by atoms with E-state index in [9.17, 15) is 4.79 Å². The molecule has 5 nitrogen and oxygen atoms in total. The Kier molecular flexibility index (Phi) is 7.86. The molecule has 6 heteroatoms. The molecule has 0 bridgehead atoms. The number of benzene rings is 2. The average Bonchev–Trinajstić information content (AvgIpc) is 2.70. The van der Waals surface area contributed by atoms with Crippen LogP contribution in [0.3, 0.4) is 0 Å². The highest BCUT2D eigenvalue weighted by Crippen LogP contribution is 2.13. The van der Waals surface area contributed by atoms with Crippen LogP contribution in [0.5, 0.6) is 0 Å². The number of nitrogens with one attached hydrogen (secondary N) is 1. The summed E-state index contributed by atoms with van der Waals surface area (Å²) in [4.78, 5) is 16.8. The monoisotopic (exact) mass is 401 g/mol. The zero-order chi connectivity index (χ0) is 19.8. The van der Waals surface area contributed by atoms with E-state index in [0.29, 0.717) is 19.6 Å². The van der Waals surface area contributed by atoms with Crippen LogP contribution >= 0.6 is 11.6 Å². The van der Waals surface area contributed by atoms with E-state index in [1.165, 1.54) is 11.1 Å². The molecule has 0 radical (unpaired) electrons. The number of hydrogen-bond donors (Lipinski definition) is 1. The fourth-order valence-electron chi connectivity index (χ4n) is 3.34. The number of nitrogens with zero attached hydrogens (tertiary/aromatic N) is 2. The highest BCUT2D eigenvalue weighted by atomic mass is 35.5. The van der Waals surface area contributed by atoms with Gasteiger partial charge in [-0.15, -0.1) is 0 Å². The molecule has 1 amide bonds. The molecule has 0 aromatic heterocycles. The van der Waals surface area contributed by atoms with Crippen molar-refractivity contribution in [3.63, 3.8) is 0 Å². The third kappa shape index (κ3) is 6.60. The van der Waals surface area contributed by atoms with Gasteiger partial charge in [-0.3, -0.25) is 14.6 Å². The topological polar surface area (TPSA) is 44.8 Å². The molecule has 0 aliphatic carbocycles. The van der Waals surface area contributed by atoms with Gasteiger partial charge in [0.2, 0.25) is 5.91 Å². The summed E-state index contributed by atoms with van der Waals surface area (Å²) in [5.74, 6) is 0.0256. The molecule has 0 atom stereocenters. The van der Waals surface area contributed by atoms with Crippen LogP contribution < -0.4 is 5.32 Å². The minimum atomic E-state index is 0.0256. The predicted molar refractivity (Wildman–Crippen MR) is 112 cm³/mol. The number of ether oxygens (including phenoxy) is 1. The highest BCUT2D eigenvalue weighted by molar-refractivity contribution is 6.30. The van der Waals surface area contributed by atoms with Crippen LogP contribution in [0.1, 0.15) is 16.7 Å². The van der Waals surface area contributed by atoms with Crippen LogP contribution in [0.4, 0.5) is 0 Å². The second kappa shape index (κ2) is 10.6. The Morgan fingerprint density at radius 3 is 2.50 bits per heavy atom. The zero-order valence-corrected chi connectivity index (χ0v) is 17.1.